The van der Waals surface area contributed by atoms with Crippen LogP contribution in [0.3, 0.4) is 0 Å². The minimum absolute atomic E-state index is 0.0882. The van der Waals surface area contributed by atoms with Crippen LogP contribution >= 0.6 is 0 Å². The Bertz CT molecular complexity index is 2460. The van der Waals surface area contributed by atoms with E-state index in [1.807, 2.05) is 48.5 Å². The quantitative estimate of drug-likeness (QED) is 0.0557. The molecule has 8 bridgehead atoms. The number of carbonyl (C=O) groups excluding carboxylic acids is 2. The van der Waals surface area contributed by atoms with Gasteiger partial charge in [-0.15, -0.1) is 0 Å². The first-order valence-electron chi connectivity index (χ1n) is 23.9. The fourth-order valence-electron chi connectivity index (χ4n) is 8.36. The molecule has 5 rings (SSSR count). The number of hydrogen-bond acceptors (Lipinski definition) is 10. The van der Waals surface area contributed by atoms with Gasteiger partial charge < -0.3 is 50.0 Å². The Balaban J connectivity index is 2.01. The summed E-state index contributed by atoms with van der Waals surface area (Å²) in [4.78, 5) is 74.1. The third-order valence-electron chi connectivity index (χ3n) is 12.2. The van der Waals surface area contributed by atoms with Crippen molar-refractivity contribution in [3.8, 4) is 23.0 Å². The second-order valence-electron chi connectivity index (χ2n) is 22.5. The Morgan fingerprint density at radius 2 is 0.556 bits per heavy atom. The summed E-state index contributed by atoms with van der Waals surface area (Å²) in [5.41, 5.74) is 6.44. The molecule has 4 aromatic carbocycles. The Kier molecular flexibility index (Phi) is 17.2. The number of rotatable bonds is 16. The average molecular weight is 995 g/mol. The summed E-state index contributed by atoms with van der Waals surface area (Å²) in [5, 5.41) is 43.6. The molecule has 0 unspecified atom stereocenters. The molecule has 2 amide bonds. The predicted octanol–water partition coefficient (Wildman–Crippen LogP) is 7.64. The monoisotopic (exact) mass is 994 g/mol. The zero-order chi connectivity index (χ0) is 53.7. The maximum absolute atomic E-state index is 13.2. The van der Waals surface area contributed by atoms with Crippen LogP contribution in [-0.4, -0.2) is 95.6 Å². The summed E-state index contributed by atoms with van der Waals surface area (Å²) in [7, 11) is 0. The van der Waals surface area contributed by atoms with Crippen LogP contribution in [-0.2, 0) is 76.1 Å². The van der Waals surface area contributed by atoms with Crippen LogP contribution in [0.1, 0.15) is 150 Å². The fourth-order valence-corrected chi connectivity index (χ4v) is 8.36. The van der Waals surface area contributed by atoms with Crippen molar-refractivity contribution in [1.29, 1.82) is 0 Å². The third kappa shape index (κ3) is 15.0. The number of aliphatic carboxylic acids is 4. The lowest BCUT2D eigenvalue weighted by molar-refractivity contribution is -0.140. The van der Waals surface area contributed by atoms with Gasteiger partial charge in [0.1, 0.15) is 36.1 Å². The van der Waals surface area contributed by atoms with Gasteiger partial charge in [-0.05, 0) is 88.4 Å². The molecule has 0 atom stereocenters. The van der Waals surface area contributed by atoms with E-state index in [0.29, 0.717) is 56.0 Å². The van der Waals surface area contributed by atoms with E-state index in [-0.39, 0.29) is 37.2 Å². The van der Waals surface area contributed by atoms with Gasteiger partial charge in [0, 0.05) is 25.7 Å². The average Bonchev–Trinajstić information content (AvgIpc) is 3.24. The number of ether oxygens (including phenoxy) is 4. The molecule has 388 valence electrons. The van der Waals surface area contributed by atoms with Crippen LogP contribution in [0.4, 0.5) is 0 Å². The van der Waals surface area contributed by atoms with Crippen molar-refractivity contribution >= 4 is 35.7 Å². The van der Waals surface area contributed by atoms with E-state index in [1.165, 1.54) is 0 Å². The van der Waals surface area contributed by atoms with E-state index in [0.717, 1.165) is 22.3 Å². The van der Waals surface area contributed by atoms with E-state index in [2.05, 4.69) is 93.7 Å². The van der Waals surface area contributed by atoms with Crippen molar-refractivity contribution in [2.45, 2.75) is 130 Å². The Morgan fingerprint density at radius 1 is 0.361 bits per heavy atom. The van der Waals surface area contributed by atoms with Crippen LogP contribution in [0.25, 0.3) is 0 Å². The van der Waals surface area contributed by atoms with E-state index in [4.69, 9.17) is 18.9 Å². The highest BCUT2D eigenvalue weighted by Crippen LogP contribution is 2.44. The molecule has 0 radical (unpaired) electrons. The maximum atomic E-state index is 13.2. The smallest absolute Gasteiger partial charge is 0.341 e. The van der Waals surface area contributed by atoms with Crippen LogP contribution in [0.15, 0.2) is 48.5 Å². The highest BCUT2D eigenvalue weighted by atomic mass is 16.5. The maximum Gasteiger partial charge on any atom is 0.341 e. The lowest BCUT2D eigenvalue weighted by atomic mass is 9.79. The molecular weight excluding hydrogens is 925 g/mol. The van der Waals surface area contributed by atoms with Gasteiger partial charge in [0.25, 0.3) is 11.8 Å². The van der Waals surface area contributed by atoms with Crippen LogP contribution in [0, 0.1) is 0 Å². The van der Waals surface area contributed by atoms with Crippen molar-refractivity contribution in [2.24, 2.45) is 0 Å². The second-order valence-corrected chi connectivity index (χ2v) is 22.5. The zero-order valence-corrected chi connectivity index (χ0v) is 43.6. The number of nitrogens with one attached hydrogen (secondary N) is 2. The number of carboxylic acid groups (broad SMARTS) is 4. The molecule has 0 aliphatic heterocycles. The Morgan fingerprint density at radius 3 is 0.722 bits per heavy atom. The first-order chi connectivity index (χ1) is 33.3. The van der Waals surface area contributed by atoms with E-state index in [9.17, 15) is 49.2 Å². The zero-order valence-electron chi connectivity index (χ0n) is 43.6. The summed E-state index contributed by atoms with van der Waals surface area (Å²) in [6.45, 7) is 20.8. The number of carbonyl (C=O) groups is 6. The molecule has 16 nitrogen and oxygen atoms in total. The van der Waals surface area contributed by atoms with Gasteiger partial charge in [-0.1, -0.05) is 132 Å². The molecule has 0 saturated carbocycles. The van der Waals surface area contributed by atoms with Gasteiger partial charge >= 0.3 is 23.9 Å². The van der Waals surface area contributed by atoms with E-state index in [1.54, 1.807) is 0 Å². The first-order valence-corrected chi connectivity index (χ1v) is 23.9. The van der Waals surface area contributed by atoms with E-state index < -0.39 is 96.9 Å². The molecule has 6 N–H and O–H groups in total. The van der Waals surface area contributed by atoms with Gasteiger partial charge in [-0.25, -0.2) is 9.59 Å². The minimum atomic E-state index is -1.24. The standard InChI is InChI=1S/C56H70N2O14/c1-53(2,3)39-17-31-13-35-21-41(55(7,8)9)23-37(51(35)71-29-47(65)66)15-33-19-40(54(4,5)6)20-34(50(33)70-28-44(60)58-26-46(63)64)16-38-24-42(56(10,11)12)22-36(52(38)72-30-48(67)68)14-32(18-39)49(31)69-27-43(59)57-25-45(61)62/h17-24H,13-16,25-30H2,1-12H3,(H,57,59)(H,58,60)(H,61,62)(H,63,64)(H,65,66)(H,67,68). The molecule has 0 heterocycles. The Labute approximate surface area is 421 Å². The third-order valence-corrected chi connectivity index (χ3v) is 12.2. The first kappa shape index (κ1) is 55.8. The largest absolute Gasteiger partial charge is 0.483 e. The van der Waals surface area contributed by atoms with Crippen molar-refractivity contribution < 1.29 is 68.1 Å². The summed E-state index contributed by atoms with van der Waals surface area (Å²) < 4.78 is 25.7. The SMILES string of the molecule is CC(C)(C)c1cc2c(OCC(=O)O)c(c1)Cc1cc(C(C)(C)C)cc(c1OCC(=O)NCC(=O)O)Cc1cc(C(C)(C)C)cc(c1OCC(=O)O)Cc1cc(C(C)(C)C)cc(c1OCC(=O)NCC(=O)O)C2. The number of hydrogen-bond donors (Lipinski definition) is 6. The predicted molar refractivity (Wildman–Crippen MR) is 270 cm³/mol. The number of fused-ring (bicyclic) bond motifs is 8. The van der Waals surface area contributed by atoms with Crippen molar-refractivity contribution in [3.63, 3.8) is 0 Å². The van der Waals surface area contributed by atoms with E-state index >= 15 is 0 Å². The molecule has 4 aromatic rings. The summed E-state index contributed by atoms with van der Waals surface area (Å²) in [5.74, 6) is -5.11. The summed E-state index contributed by atoms with van der Waals surface area (Å²) >= 11 is 0. The molecule has 0 fully saturated rings. The van der Waals surface area contributed by atoms with Crippen LogP contribution in [0.5, 0.6) is 23.0 Å². The highest BCUT2D eigenvalue weighted by molar-refractivity contribution is 5.83. The molecule has 1 aliphatic rings. The normalized spacial score (nSPS) is 12.8. The molecule has 1 aliphatic carbocycles. The fraction of sp³-hybridized carbons (Fsp3) is 0.464. The molecule has 72 heavy (non-hydrogen) atoms. The lowest BCUT2D eigenvalue weighted by Gasteiger charge is -2.29. The van der Waals surface area contributed by atoms with Crippen molar-refractivity contribution in [2.75, 3.05) is 39.5 Å². The lowest BCUT2D eigenvalue weighted by Crippen LogP contribution is -2.33. The highest BCUT2D eigenvalue weighted by Gasteiger charge is 2.30. The minimum Gasteiger partial charge on any atom is -0.483 e. The number of benzene rings is 4. The van der Waals surface area contributed by atoms with Crippen LogP contribution in [0.2, 0.25) is 0 Å². The molecule has 0 spiro atoms. The number of carboxylic acids is 4. The topological polar surface area (TPSA) is 244 Å². The molecule has 0 aromatic heterocycles. The Hall–Kier alpha value is -7.10. The van der Waals surface area contributed by atoms with Crippen LogP contribution < -0.4 is 29.6 Å². The van der Waals surface area contributed by atoms with Gasteiger partial charge in [0.15, 0.2) is 26.4 Å². The summed E-state index contributed by atoms with van der Waals surface area (Å²) in [6, 6.07) is 15.8. The summed E-state index contributed by atoms with van der Waals surface area (Å²) in [6.07, 6.45) is 0.353. The number of amides is 2. The van der Waals surface area contributed by atoms with Gasteiger partial charge in [0.2, 0.25) is 0 Å². The molecular formula is C56H70N2O14. The van der Waals surface area contributed by atoms with Crippen molar-refractivity contribution in [3.05, 3.63) is 115 Å². The second kappa shape index (κ2) is 22.1. The van der Waals surface area contributed by atoms with Gasteiger partial charge in [-0.2, -0.15) is 0 Å². The van der Waals surface area contributed by atoms with Crippen molar-refractivity contribution in [1.82, 2.24) is 10.6 Å². The molecule has 16 heteroatoms. The molecule has 0 saturated heterocycles. The van der Waals surface area contributed by atoms with Gasteiger partial charge in [-0.3, -0.25) is 19.2 Å². The van der Waals surface area contributed by atoms with Gasteiger partial charge in [0.05, 0.1) is 0 Å².